The third-order valence-corrected chi connectivity index (χ3v) is 4.06. The second-order valence-electron chi connectivity index (χ2n) is 5.76. The van der Waals surface area contributed by atoms with E-state index in [0.717, 1.165) is 18.6 Å². The van der Waals surface area contributed by atoms with Crippen LogP contribution in [0, 0.1) is 5.92 Å². The fourth-order valence-electron chi connectivity index (χ4n) is 2.80. The summed E-state index contributed by atoms with van der Waals surface area (Å²) in [5.74, 6) is -1.12. The molecule has 0 bridgehead atoms. The quantitative estimate of drug-likeness (QED) is 0.924. The van der Waals surface area contributed by atoms with E-state index >= 15 is 0 Å². The van der Waals surface area contributed by atoms with Crippen LogP contribution < -0.4 is 0 Å². The fraction of sp³-hybridized carbons (Fsp3) is 0.500. The summed E-state index contributed by atoms with van der Waals surface area (Å²) in [7, 11) is 0. The third kappa shape index (κ3) is 4.71. The lowest BCUT2D eigenvalue weighted by Gasteiger charge is -2.21. The number of halogens is 3. The normalized spacial score (nSPS) is 19.3. The van der Waals surface area contributed by atoms with Gasteiger partial charge in [0.15, 0.2) is 0 Å². The van der Waals surface area contributed by atoms with Crippen LogP contribution in [-0.2, 0) is 11.0 Å². The van der Waals surface area contributed by atoms with E-state index < -0.39 is 17.7 Å². The zero-order valence-electron chi connectivity index (χ0n) is 12.5. The molecule has 126 valence electrons. The number of benzene rings is 1. The Morgan fingerprint density at radius 2 is 1.78 bits per heavy atom. The summed E-state index contributed by atoms with van der Waals surface area (Å²) in [6, 6.07) is 4.17. The maximum Gasteiger partial charge on any atom is 0.416 e. The highest BCUT2D eigenvalue weighted by Crippen LogP contribution is 2.29. The van der Waals surface area contributed by atoms with Gasteiger partial charge in [0, 0.05) is 25.1 Å². The first-order valence-corrected chi connectivity index (χ1v) is 7.45. The SMILES string of the molecule is O=C(O)CC1CCCN(C(=O)c2ccc(C(F)(F)F)cc2)CC1. The summed E-state index contributed by atoms with van der Waals surface area (Å²) < 4.78 is 37.6. The van der Waals surface area contributed by atoms with Crippen LogP contribution in [0.5, 0.6) is 0 Å². The molecule has 0 radical (unpaired) electrons. The van der Waals surface area contributed by atoms with E-state index in [1.165, 1.54) is 12.1 Å². The first-order chi connectivity index (χ1) is 10.8. The molecular weight excluding hydrogens is 311 g/mol. The van der Waals surface area contributed by atoms with Gasteiger partial charge in [-0.2, -0.15) is 13.2 Å². The van der Waals surface area contributed by atoms with Gasteiger partial charge in [-0.1, -0.05) is 0 Å². The number of amides is 1. The average Bonchev–Trinajstić information content (AvgIpc) is 2.71. The van der Waals surface area contributed by atoms with Crippen LogP contribution in [0.1, 0.15) is 41.6 Å². The van der Waals surface area contributed by atoms with E-state index in [-0.39, 0.29) is 23.8 Å². The highest BCUT2D eigenvalue weighted by Gasteiger charge is 2.30. The summed E-state index contributed by atoms with van der Waals surface area (Å²) in [6.45, 7) is 0.924. The molecule has 1 fully saturated rings. The highest BCUT2D eigenvalue weighted by molar-refractivity contribution is 5.94. The van der Waals surface area contributed by atoms with E-state index in [2.05, 4.69) is 0 Å². The van der Waals surface area contributed by atoms with E-state index in [1.54, 1.807) is 4.90 Å². The number of carboxylic acids is 1. The number of hydrogen-bond donors (Lipinski definition) is 1. The van der Waals surface area contributed by atoms with Crippen molar-refractivity contribution in [3.8, 4) is 0 Å². The Balaban J connectivity index is 2.01. The van der Waals surface area contributed by atoms with Crippen LogP contribution in [0.2, 0.25) is 0 Å². The number of hydrogen-bond acceptors (Lipinski definition) is 2. The zero-order valence-corrected chi connectivity index (χ0v) is 12.5. The van der Waals surface area contributed by atoms with Crippen LogP contribution in [0.3, 0.4) is 0 Å². The molecule has 1 aliphatic heterocycles. The summed E-state index contributed by atoms with van der Waals surface area (Å²) in [5, 5.41) is 8.83. The predicted molar refractivity (Wildman–Crippen MR) is 76.9 cm³/mol. The van der Waals surface area contributed by atoms with E-state index in [0.29, 0.717) is 25.9 Å². The Kier molecular flexibility index (Phi) is 5.28. The minimum atomic E-state index is -4.42. The van der Waals surface area contributed by atoms with Crippen molar-refractivity contribution in [2.24, 2.45) is 5.92 Å². The summed E-state index contributed by atoms with van der Waals surface area (Å²) in [5.41, 5.74) is -0.568. The molecule has 0 aliphatic carbocycles. The van der Waals surface area contributed by atoms with Crippen molar-refractivity contribution in [3.05, 3.63) is 35.4 Å². The maximum atomic E-state index is 12.5. The number of carboxylic acid groups (broad SMARTS) is 1. The first kappa shape index (κ1) is 17.3. The maximum absolute atomic E-state index is 12.5. The summed E-state index contributed by atoms with van der Waals surface area (Å²) >= 11 is 0. The lowest BCUT2D eigenvalue weighted by atomic mass is 9.97. The topological polar surface area (TPSA) is 57.6 Å². The number of rotatable bonds is 3. The fourth-order valence-corrected chi connectivity index (χ4v) is 2.80. The van der Waals surface area contributed by atoms with Crippen molar-refractivity contribution in [2.75, 3.05) is 13.1 Å². The van der Waals surface area contributed by atoms with Gasteiger partial charge in [-0.3, -0.25) is 9.59 Å². The van der Waals surface area contributed by atoms with E-state index in [4.69, 9.17) is 5.11 Å². The molecule has 1 atom stereocenters. The van der Waals surface area contributed by atoms with Gasteiger partial charge in [0.05, 0.1) is 5.56 Å². The van der Waals surface area contributed by atoms with Crippen LogP contribution in [0.25, 0.3) is 0 Å². The van der Waals surface area contributed by atoms with Crippen molar-refractivity contribution in [2.45, 2.75) is 31.9 Å². The molecule has 1 aromatic rings. The molecule has 23 heavy (non-hydrogen) atoms. The number of nitrogens with zero attached hydrogens (tertiary/aromatic N) is 1. The van der Waals surface area contributed by atoms with Gasteiger partial charge in [0.25, 0.3) is 5.91 Å². The van der Waals surface area contributed by atoms with Crippen molar-refractivity contribution in [1.29, 1.82) is 0 Å². The van der Waals surface area contributed by atoms with Gasteiger partial charge in [-0.15, -0.1) is 0 Å². The van der Waals surface area contributed by atoms with E-state index in [1.807, 2.05) is 0 Å². The van der Waals surface area contributed by atoms with Crippen molar-refractivity contribution in [3.63, 3.8) is 0 Å². The predicted octanol–water partition coefficient (Wildman–Crippen LogP) is 3.42. The molecule has 1 saturated heterocycles. The Bertz CT molecular complexity index is 569. The Morgan fingerprint density at radius 1 is 1.13 bits per heavy atom. The van der Waals surface area contributed by atoms with Gasteiger partial charge in [0.2, 0.25) is 0 Å². The van der Waals surface area contributed by atoms with Crippen LogP contribution >= 0.6 is 0 Å². The monoisotopic (exact) mass is 329 g/mol. The molecule has 0 spiro atoms. The number of likely N-dealkylation sites (tertiary alicyclic amines) is 1. The van der Waals surface area contributed by atoms with Gasteiger partial charge in [-0.05, 0) is 49.4 Å². The van der Waals surface area contributed by atoms with Gasteiger partial charge >= 0.3 is 12.1 Å². The van der Waals surface area contributed by atoms with Crippen LogP contribution in [0.15, 0.2) is 24.3 Å². The van der Waals surface area contributed by atoms with Crippen molar-refractivity contribution < 1.29 is 27.9 Å². The number of aliphatic carboxylic acids is 1. The molecule has 4 nitrogen and oxygen atoms in total. The summed E-state index contributed by atoms with van der Waals surface area (Å²) in [6.07, 6.45) is -2.30. The van der Waals surface area contributed by atoms with E-state index in [9.17, 15) is 22.8 Å². The Labute approximate surface area is 131 Å². The minimum absolute atomic E-state index is 0.0397. The Hall–Kier alpha value is -2.05. The Morgan fingerprint density at radius 3 is 2.35 bits per heavy atom. The summed E-state index contributed by atoms with van der Waals surface area (Å²) in [4.78, 5) is 24.7. The molecule has 1 aromatic carbocycles. The first-order valence-electron chi connectivity index (χ1n) is 7.45. The molecule has 7 heteroatoms. The molecule has 1 N–H and O–H groups in total. The molecule has 1 unspecified atom stereocenters. The average molecular weight is 329 g/mol. The molecule has 1 heterocycles. The van der Waals surface area contributed by atoms with Gasteiger partial charge in [-0.25, -0.2) is 0 Å². The number of carbonyl (C=O) groups is 2. The van der Waals surface area contributed by atoms with Gasteiger partial charge < -0.3 is 10.0 Å². The lowest BCUT2D eigenvalue weighted by molar-refractivity contribution is -0.138. The second kappa shape index (κ2) is 7.02. The molecule has 2 rings (SSSR count). The largest absolute Gasteiger partial charge is 0.481 e. The van der Waals surface area contributed by atoms with Gasteiger partial charge in [0.1, 0.15) is 0 Å². The molecule has 1 amide bonds. The van der Waals surface area contributed by atoms with Crippen molar-refractivity contribution >= 4 is 11.9 Å². The number of carbonyl (C=O) groups excluding carboxylic acids is 1. The van der Waals surface area contributed by atoms with Crippen LogP contribution in [0.4, 0.5) is 13.2 Å². The highest BCUT2D eigenvalue weighted by atomic mass is 19.4. The second-order valence-corrected chi connectivity index (χ2v) is 5.76. The van der Waals surface area contributed by atoms with Crippen LogP contribution in [-0.4, -0.2) is 35.0 Å². The molecule has 0 aromatic heterocycles. The minimum Gasteiger partial charge on any atom is -0.481 e. The molecule has 1 aliphatic rings. The zero-order chi connectivity index (χ0) is 17.0. The smallest absolute Gasteiger partial charge is 0.416 e. The molecule has 0 saturated carbocycles. The lowest BCUT2D eigenvalue weighted by Crippen LogP contribution is -2.32. The molecular formula is C16H18F3NO3. The standard InChI is InChI=1S/C16H18F3NO3/c17-16(18,19)13-5-3-12(4-6-13)15(23)20-8-1-2-11(7-9-20)10-14(21)22/h3-6,11H,1-2,7-10H2,(H,21,22). The third-order valence-electron chi connectivity index (χ3n) is 4.06. The number of alkyl halides is 3. The van der Waals surface area contributed by atoms with Crippen molar-refractivity contribution in [1.82, 2.24) is 4.90 Å².